The summed E-state index contributed by atoms with van der Waals surface area (Å²) in [5.74, 6) is -0.577. The van der Waals surface area contributed by atoms with Gasteiger partial charge in [-0.05, 0) is 42.3 Å². The van der Waals surface area contributed by atoms with Crippen molar-refractivity contribution in [1.29, 1.82) is 0 Å². The number of benzene rings is 2. The van der Waals surface area contributed by atoms with Crippen LogP contribution in [0.1, 0.15) is 29.3 Å². The van der Waals surface area contributed by atoms with Gasteiger partial charge in [0.15, 0.2) is 0 Å². The molecular formula is C18H20ClN3O4S. The van der Waals surface area contributed by atoms with Crippen molar-refractivity contribution >= 4 is 39.1 Å². The number of carbonyl (C=O) groups excluding carboxylic acids is 2. The molecule has 7 nitrogen and oxygen atoms in total. The van der Waals surface area contributed by atoms with Crippen LogP contribution in [0.15, 0.2) is 47.4 Å². The molecule has 0 unspecified atom stereocenters. The van der Waals surface area contributed by atoms with E-state index in [1.165, 1.54) is 30.3 Å². The van der Waals surface area contributed by atoms with Crippen LogP contribution in [0.25, 0.3) is 0 Å². The van der Waals surface area contributed by atoms with Gasteiger partial charge >= 0.3 is 0 Å². The van der Waals surface area contributed by atoms with Gasteiger partial charge in [-0.25, -0.2) is 13.6 Å². The summed E-state index contributed by atoms with van der Waals surface area (Å²) in [7, 11) is -3.77. The number of halogens is 1. The minimum atomic E-state index is -3.77. The third kappa shape index (κ3) is 6.06. The number of anilines is 1. The van der Waals surface area contributed by atoms with Gasteiger partial charge in [-0.2, -0.15) is 0 Å². The first-order valence-electron chi connectivity index (χ1n) is 8.20. The number of amides is 2. The van der Waals surface area contributed by atoms with Crippen molar-refractivity contribution in [2.24, 2.45) is 5.14 Å². The molecule has 0 fully saturated rings. The van der Waals surface area contributed by atoms with E-state index in [9.17, 15) is 18.0 Å². The highest BCUT2D eigenvalue weighted by Gasteiger charge is 2.12. The van der Waals surface area contributed by atoms with Crippen molar-refractivity contribution in [3.63, 3.8) is 0 Å². The molecule has 2 aromatic rings. The number of carbonyl (C=O) groups is 2. The average molecular weight is 410 g/mol. The summed E-state index contributed by atoms with van der Waals surface area (Å²) in [6.07, 6.45) is 0.858. The van der Waals surface area contributed by atoms with Gasteiger partial charge in [-0.15, -0.1) is 0 Å². The van der Waals surface area contributed by atoms with E-state index in [1.807, 2.05) is 6.92 Å². The Balaban J connectivity index is 2.01. The maximum absolute atomic E-state index is 12.2. The zero-order chi connectivity index (χ0) is 20.0. The Kier molecular flexibility index (Phi) is 6.95. The summed E-state index contributed by atoms with van der Waals surface area (Å²) >= 11 is 6.13. The summed E-state index contributed by atoms with van der Waals surface area (Å²) in [6, 6.07) is 10.4. The van der Waals surface area contributed by atoms with Crippen LogP contribution in [0, 0.1) is 0 Å². The van der Waals surface area contributed by atoms with E-state index in [2.05, 4.69) is 10.6 Å². The average Bonchev–Trinajstić information content (AvgIpc) is 2.59. The van der Waals surface area contributed by atoms with Crippen LogP contribution < -0.4 is 15.8 Å². The predicted octanol–water partition coefficient (Wildman–Crippen LogP) is 2.31. The van der Waals surface area contributed by atoms with Gasteiger partial charge in [0.05, 0.1) is 21.9 Å². The third-order valence-electron chi connectivity index (χ3n) is 3.65. The summed E-state index contributed by atoms with van der Waals surface area (Å²) < 4.78 is 22.5. The van der Waals surface area contributed by atoms with E-state index in [-0.39, 0.29) is 28.2 Å². The predicted molar refractivity (Wildman–Crippen MR) is 104 cm³/mol. The molecule has 0 saturated carbocycles. The first-order valence-corrected chi connectivity index (χ1v) is 10.1. The minimum Gasteiger partial charge on any atom is -0.352 e. The molecule has 0 aliphatic carbocycles. The molecule has 0 aromatic heterocycles. The van der Waals surface area contributed by atoms with Gasteiger partial charge in [0, 0.05) is 12.2 Å². The number of nitrogens with two attached hydrogens (primary N) is 1. The molecule has 0 heterocycles. The molecule has 4 N–H and O–H groups in total. The van der Waals surface area contributed by atoms with Gasteiger partial charge in [0.1, 0.15) is 0 Å². The number of primary sulfonamides is 1. The van der Waals surface area contributed by atoms with E-state index < -0.39 is 10.0 Å². The van der Waals surface area contributed by atoms with Gasteiger partial charge in [0.2, 0.25) is 15.9 Å². The fourth-order valence-electron chi connectivity index (χ4n) is 2.30. The van der Waals surface area contributed by atoms with Crippen molar-refractivity contribution in [2.75, 3.05) is 11.9 Å². The Bertz CT molecular complexity index is 944. The lowest BCUT2D eigenvalue weighted by Gasteiger charge is -2.09. The normalized spacial score (nSPS) is 11.1. The second-order valence-electron chi connectivity index (χ2n) is 5.86. The van der Waals surface area contributed by atoms with E-state index in [0.29, 0.717) is 23.4 Å². The Hall–Kier alpha value is -2.42. The van der Waals surface area contributed by atoms with Crippen molar-refractivity contribution in [2.45, 2.75) is 24.7 Å². The third-order valence-corrected chi connectivity index (χ3v) is 4.89. The van der Waals surface area contributed by atoms with E-state index in [4.69, 9.17) is 16.7 Å². The van der Waals surface area contributed by atoms with Crippen LogP contribution in [0.5, 0.6) is 0 Å². The van der Waals surface area contributed by atoms with Crippen LogP contribution in [-0.2, 0) is 21.2 Å². The summed E-state index contributed by atoms with van der Waals surface area (Å²) in [5, 5.41) is 10.7. The molecule has 0 radical (unpaired) electrons. The molecule has 0 saturated heterocycles. The fourth-order valence-corrected chi connectivity index (χ4v) is 3.08. The maximum Gasteiger partial charge on any atom is 0.252 e. The summed E-state index contributed by atoms with van der Waals surface area (Å²) in [5.41, 5.74) is 1.42. The SMILES string of the molecule is CCCNC(=O)c1ccc(NC(=O)Cc2ccc(S(N)(=O)=O)cc2)cc1Cl. The van der Waals surface area contributed by atoms with Crippen LogP contribution in [0.3, 0.4) is 0 Å². The van der Waals surface area contributed by atoms with E-state index in [1.54, 1.807) is 12.1 Å². The largest absolute Gasteiger partial charge is 0.352 e. The number of sulfonamides is 1. The molecule has 27 heavy (non-hydrogen) atoms. The highest BCUT2D eigenvalue weighted by molar-refractivity contribution is 7.89. The number of hydrogen-bond donors (Lipinski definition) is 3. The zero-order valence-corrected chi connectivity index (χ0v) is 16.2. The van der Waals surface area contributed by atoms with Crippen molar-refractivity contribution in [3.05, 3.63) is 58.6 Å². The number of hydrogen-bond acceptors (Lipinski definition) is 4. The van der Waals surface area contributed by atoms with E-state index >= 15 is 0 Å². The molecule has 2 amide bonds. The zero-order valence-electron chi connectivity index (χ0n) is 14.7. The van der Waals surface area contributed by atoms with Gasteiger partial charge in [-0.1, -0.05) is 30.7 Å². The lowest BCUT2D eigenvalue weighted by Crippen LogP contribution is -2.24. The van der Waals surface area contributed by atoms with Crippen LogP contribution in [-0.4, -0.2) is 26.8 Å². The number of rotatable bonds is 7. The monoisotopic (exact) mass is 409 g/mol. The first kappa shape index (κ1) is 20.9. The Labute approximate surface area is 163 Å². The molecule has 2 aromatic carbocycles. The Morgan fingerprint density at radius 3 is 2.33 bits per heavy atom. The molecule has 9 heteroatoms. The lowest BCUT2D eigenvalue weighted by molar-refractivity contribution is -0.115. The number of nitrogens with one attached hydrogen (secondary N) is 2. The quantitative estimate of drug-likeness (QED) is 0.650. The highest BCUT2D eigenvalue weighted by atomic mass is 35.5. The van der Waals surface area contributed by atoms with Gasteiger partial charge in [-0.3, -0.25) is 9.59 Å². The first-order chi connectivity index (χ1) is 12.7. The summed E-state index contributed by atoms with van der Waals surface area (Å²) in [6.45, 7) is 2.50. The van der Waals surface area contributed by atoms with Crippen molar-refractivity contribution in [1.82, 2.24) is 5.32 Å². The second-order valence-corrected chi connectivity index (χ2v) is 7.83. The topological polar surface area (TPSA) is 118 Å². The lowest BCUT2D eigenvalue weighted by atomic mass is 10.1. The Morgan fingerprint density at radius 1 is 1.11 bits per heavy atom. The molecule has 2 rings (SSSR count). The van der Waals surface area contributed by atoms with Gasteiger partial charge in [0.25, 0.3) is 5.91 Å². The molecule has 0 atom stereocenters. The molecule has 0 aliphatic rings. The molecule has 0 aliphatic heterocycles. The minimum absolute atomic E-state index is 0.0182. The van der Waals surface area contributed by atoms with Crippen molar-refractivity contribution < 1.29 is 18.0 Å². The smallest absolute Gasteiger partial charge is 0.252 e. The van der Waals surface area contributed by atoms with Crippen LogP contribution >= 0.6 is 11.6 Å². The standard InChI is InChI=1S/C18H20ClN3O4S/c1-2-9-21-18(24)15-8-5-13(11-16(15)19)22-17(23)10-12-3-6-14(7-4-12)27(20,25)26/h3-8,11H,2,9-10H2,1H3,(H,21,24)(H,22,23)(H2,20,25,26). The summed E-state index contributed by atoms with van der Waals surface area (Å²) in [4.78, 5) is 24.1. The van der Waals surface area contributed by atoms with Crippen LogP contribution in [0.4, 0.5) is 5.69 Å². The molecular weight excluding hydrogens is 390 g/mol. The highest BCUT2D eigenvalue weighted by Crippen LogP contribution is 2.21. The second kappa shape index (κ2) is 8.98. The Morgan fingerprint density at radius 2 is 1.78 bits per heavy atom. The van der Waals surface area contributed by atoms with E-state index in [0.717, 1.165) is 6.42 Å². The molecule has 144 valence electrons. The maximum atomic E-state index is 12.2. The van der Waals surface area contributed by atoms with Crippen molar-refractivity contribution in [3.8, 4) is 0 Å². The fraction of sp³-hybridized carbons (Fsp3) is 0.222. The van der Waals surface area contributed by atoms with Gasteiger partial charge < -0.3 is 10.6 Å². The molecule has 0 bridgehead atoms. The molecule has 0 spiro atoms. The van der Waals surface area contributed by atoms with Crippen LogP contribution in [0.2, 0.25) is 5.02 Å².